The summed E-state index contributed by atoms with van der Waals surface area (Å²) in [4.78, 5) is 49.2. The first-order chi connectivity index (χ1) is 22.4. The van der Waals surface area contributed by atoms with Crippen LogP contribution in [0.25, 0.3) is 4.85 Å². The Morgan fingerprint density at radius 2 is 1.94 bits per heavy atom. The highest BCUT2D eigenvalue weighted by atomic mass is 32.2. The Kier molecular flexibility index (Phi) is 10.3. The summed E-state index contributed by atoms with van der Waals surface area (Å²) in [5.41, 5.74) is 7.80. The van der Waals surface area contributed by atoms with Crippen LogP contribution in [0.4, 0.5) is 15.8 Å². The van der Waals surface area contributed by atoms with Gasteiger partial charge in [0.25, 0.3) is 5.91 Å². The highest BCUT2D eigenvalue weighted by Crippen LogP contribution is 2.35. The maximum atomic E-state index is 14.5. The second-order valence-corrected chi connectivity index (χ2v) is 13.9. The number of hydrogen-bond donors (Lipinski definition) is 1. The van der Waals surface area contributed by atoms with E-state index in [1.165, 1.54) is 11.0 Å². The molecule has 0 spiro atoms. The summed E-state index contributed by atoms with van der Waals surface area (Å²) in [6.07, 6.45) is 3.55. The molecule has 1 saturated heterocycles. The summed E-state index contributed by atoms with van der Waals surface area (Å²) in [6.45, 7) is 14.2. The standard InChI is InChI=1S/C35H38FN5O5S/c1-35(2,3)46-32(42)13-11-29(33(37)43)41-20-26-25(34(41)44)6-5-7-30(26)45-21-22-8-12-31(39-19-22)47-24-14-16-40(17-15-24)28-10-9-23(38-4)18-27(28)36/h5-10,12,18-19,24,29H,11,13-17,20-21H2,1-3H3,(H2,37,43)/t29-/m0/s1. The zero-order valence-electron chi connectivity index (χ0n) is 26.7. The molecular weight excluding hydrogens is 621 g/mol. The number of aromatic nitrogens is 1. The summed E-state index contributed by atoms with van der Waals surface area (Å²) in [7, 11) is 0. The van der Waals surface area contributed by atoms with E-state index in [1.807, 2.05) is 17.0 Å². The minimum Gasteiger partial charge on any atom is -0.488 e. The molecule has 0 bridgehead atoms. The van der Waals surface area contributed by atoms with E-state index >= 15 is 0 Å². The van der Waals surface area contributed by atoms with Crippen LogP contribution in [0.5, 0.6) is 5.75 Å². The summed E-state index contributed by atoms with van der Waals surface area (Å²) in [5, 5.41) is 1.25. The number of carbonyl (C=O) groups excluding carboxylic acids is 3. The molecule has 1 atom stereocenters. The molecule has 2 amide bonds. The Hall–Kier alpha value is -4.63. The lowest BCUT2D eigenvalue weighted by molar-refractivity contribution is -0.155. The van der Waals surface area contributed by atoms with E-state index in [1.54, 1.807) is 69.1 Å². The van der Waals surface area contributed by atoms with Gasteiger partial charge in [-0.15, -0.1) is 11.8 Å². The first kappa shape index (κ1) is 33.7. The number of nitrogens with zero attached hydrogens (tertiary/aromatic N) is 4. The molecule has 2 aliphatic heterocycles. The molecule has 1 aromatic heterocycles. The number of ether oxygens (including phenoxy) is 2. The Labute approximate surface area is 278 Å². The van der Waals surface area contributed by atoms with Crippen LogP contribution < -0.4 is 15.4 Å². The number of rotatable bonds is 11. The van der Waals surface area contributed by atoms with Crippen LogP contribution in [0.3, 0.4) is 0 Å². The van der Waals surface area contributed by atoms with E-state index in [2.05, 4.69) is 9.83 Å². The third kappa shape index (κ3) is 8.40. The van der Waals surface area contributed by atoms with E-state index in [0.29, 0.717) is 33.5 Å². The van der Waals surface area contributed by atoms with E-state index < -0.39 is 23.5 Å². The van der Waals surface area contributed by atoms with E-state index in [4.69, 9.17) is 21.8 Å². The fraction of sp³-hybridized carbons (Fsp3) is 0.400. The maximum absolute atomic E-state index is 14.5. The van der Waals surface area contributed by atoms with Crippen LogP contribution in [0.2, 0.25) is 0 Å². The molecule has 3 heterocycles. The fourth-order valence-electron chi connectivity index (χ4n) is 5.75. The number of benzene rings is 2. The van der Waals surface area contributed by atoms with Crippen molar-refractivity contribution in [2.75, 3.05) is 18.0 Å². The van der Waals surface area contributed by atoms with Gasteiger partial charge < -0.3 is 25.0 Å². The van der Waals surface area contributed by atoms with E-state index in [-0.39, 0.29) is 37.7 Å². The van der Waals surface area contributed by atoms with Gasteiger partial charge in [0.05, 0.1) is 23.8 Å². The van der Waals surface area contributed by atoms with Crippen molar-refractivity contribution in [1.29, 1.82) is 0 Å². The number of hydrogen-bond acceptors (Lipinski definition) is 8. The summed E-state index contributed by atoms with van der Waals surface area (Å²) < 4.78 is 25.9. The number of halogens is 1. The monoisotopic (exact) mass is 659 g/mol. The predicted molar refractivity (Wildman–Crippen MR) is 177 cm³/mol. The fourth-order valence-corrected chi connectivity index (χ4v) is 6.79. The number of amides is 2. The maximum Gasteiger partial charge on any atom is 0.306 e. The molecule has 10 nitrogen and oxygen atoms in total. The lowest BCUT2D eigenvalue weighted by Gasteiger charge is -2.33. The van der Waals surface area contributed by atoms with Crippen molar-refractivity contribution in [1.82, 2.24) is 9.88 Å². The molecular formula is C35H38FN5O5S. The number of carbonyl (C=O) groups is 3. The number of nitrogens with two attached hydrogens (primary N) is 1. The average molecular weight is 660 g/mol. The minimum atomic E-state index is -0.963. The van der Waals surface area contributed by atoms with Gasteiger partial charge >= 0.3 is 5.97 Å². The van der Waals surface area contributed by atoms with Crippen LogP contribution >= 0.6 is 11.8 Å². The van der Waals surface area contributed by atoms with Gasteiger partial charge in [0, 0.05) is 47.6 Å². The quantitative estimate of drug-likeness (QED) is 0.195. The second kappa shape index (κ2) is 14.4. The smallest absolute Gasteiger partial charge is 0.306 e. The normalized spacial score (nSPS) is 15.6. The Morgan fingerprint density at radius 1 is 1.17 bits per heavy atom. The van der Waals surface area contributed by atoms with E-state index in [0.717, 1.165) is 36.5 Å². The van der Waals surface area contributed by atoms with Gasteiger partial charge in [-0.3, -0.25) is 14.4 Å². The number of pyridine rings is 1. The number of piperidine rings is 1. The van der Waals surface area contributed by atoms with Crippen molar-refractivity contribution in [3.63, 3.8) is 0 Å². The van der Waals surface area contributed by atoms with E-state index in [9.17, 15) is 18.8 Å². The number of primary amides is 1. The van der Waals surface area contributed by atoms with Gasteiger partial charge in [0.2, 0.25) is 5.91 Å². The van der Waals surface area contributed by atoms with Crippen LogP contribution in [0.1, 0.15) is 67.9 Å². The van der Waals surface area contributed by atoms with Crippen LogP contribution in [-0.2, 0) is 27.5 Å². The first-order valence-corrected chi connectivity index (χ1v) is 16.4. The summed E-state index contributed by atoms with van der Waals surface area (Å²) >= 11 is 1.70. The van der Waals surface area contributed by atoms with Gasteiger partial charge in [-0.25, -0.2) is 14.2 Å². The SMILES string of the molecule is [C-]#[N+]c1ccc(N2CCC(Sc3ccc(COc4cccc5c4CN([C@@H](CCC(=O)OC(C)(C)C)C(N)=O)C5=O)cn3)CC2)c(F)c1. The van der Waals surface area contributed by atoms with Gasteiger partial charge in [-0.2, -0.15) is 0 Å². The molecule has 47 heavy (non-hydrogen) atoms. The van der Waals surface area contributed by atoms with Gasteiger partial charge in [0.1, 0.15) is 29.8 Å². The van der Waals surface area contributed by atoms with Crippen LogP contribution in [0.15, 0.2) is 59.8 Å². The molecule has 2 aliphatic rings. The minimum absolute atomic E-state index is 0.0474. The first-order valence-electron chi connectivity index (χ1n) is 15.5. The van der Waals surface area contributed by atoms with Gasteiger partial charge in [0.15, 0.2) is 5.69 Å². The molecule has 0 unspecified atom stereocenters. The number of esters is 1. The van der Waals surface area contributed by atoms with Crippen molar-refractivity contribution in [3.8, 4) is 5.75 Å². The Bertz CT molecular complexity index is 1680. The molecule has 5 rings (SSSR count). The predicted octanol–water partition coefficient (Wildman–Crippen LogP) is 6.04. The average Bonchev–Trinajstić information content (AvgIpc) is 3.36. The highest BCUT2D eigenvalue weighted by molar-refractivity contribution is 7.99. The van der Waals surface area contributed by atoms with Crippen molar-refractivity contribution in [2.24, 2.45) is 5.73 Å². The molecule has 0 aliphatic carbocycles. The molecule has 3 aromatic rings. The molecule has 2 N–H and O–H groups in total. The number of anilines is 1. The largest absolute Gasteiger partial charge is 0.488 e. The van der Waals surface area contributed by atoms with Gasteiger partial charge in [-0.05, 0) is 70.4 Å². The molecule has 12 heteroatoms. The molecule has 0 saturated carbocycles. The summed E-state index contributed by atoms with van der Waals surface area (Å²) in [5.74, 6) is -1.32. The highest BCUT2D eigenvalue weighted by Gasteiger charge is 2.37. The Balaban J connectivity index is 1.14. The zero-order valence-corrected chi connectivity index (χ0v) is 27.5. The Morgan fingerprint density at radius 3 is 2.57 bits per heavy atom. The molecule has 1 fully saturated rings. The topological polar surface area (TPSA) is 119 Å². The second-order valence-electron chi connectivity index (χ2n) is 12.6. The summed E-state index contributed by atoms with van der Waals surface area (Å²) in [6, 6.07) is 12.8. The van der Waals surface area contributed by atoms with Crippen molar-refractivity contribution in [3.05, 3.63) is 88.7 Å². The van der Waals surface area contributed by atoms with Crippen LogP contribution in [-0.4, -0.2) is 57.6 Å². The van der Waals surface area contributed by atoms with Crippen molar-refractivity contribution in [2.45, 2.75) is 81.5 Å². The molecule has 0 radical (unpaired) electrons. The number of fused-ring (bicyclic) bond motifs is 1. The third-order valence-corrected chi connectivity index (χ3v) is 9.31. The van der Waals surface area contributed by atoms with Crippen molar-refractivity contribution >= 4 is 40.9 Å². The van der Waals surface area contributed by atoms with Crippen molar-refractivity contribution < 1.29 is 28.2 Å². The third-order valence-electron chi connectivity index (χ3n) is 8.02. The van der Waals surface area contributed by atoms with Crippen LogP contribution in [0, 0.1) is 12.4 Å². The lowest BCUT2D eigenvalue weighted by Crippen LogP contribution is -2.45. The number of thioether (sulfide) groups is 1. The molecule has 246 valence electrons. The zero-order chi connectivity index (χ0) is 33.7. The van der Waals surface area contributed by atoms with Gasteiger partial charge in [-0.1, -0.05) is 18.2 Å². The molecule has 2 aromatic carbocycles. The lowest BCUT2D eigenvalue weighted by atomic mass is 10.1.